The first-order valence-corrected chi connectivity index (χ1v) is 7.21. The Morgan fingerprint density at radius 2 is 2.22 bits per heavy atom. The van der Waals surface area contributed by atoms with E-state index in [1.165, 1.54) is 12.8 Å². The van der Waals surface area contributed by atoms with Crippen molar-refractivity contribution < 1.29 is 9.47 Å². The number of rotatable bonds is 5. The van der Waals surface area contributed by atoms with Crippen molar-refractivity contribution in [3.05, 3.63) is 0 Å². The SMILES string of the molecule is CNCC1(CN(C)C2CCOC2C)CCCOC1. The first-order valence-electron chi connectivity index (χ1n) is 7.21. The Morgan fingerprint density at radius 3 is 2.78 bits per heavy atom. The van der Waals surface area contributed by atoms with Crippen molar-refractivity contribution in [2.45, 2.75) is 38.3 Å². The lowest BCUT2D eigenvalue weighted by Crippen LogP contribution is -2.51. The largest absolute Gasteiger partial charge is 0.381 e. The van der Waals surface area contributed by atoms with Crippen molar-refractivity contribution in [1.82, 2.24) is 10.2 Å². The Balaban J connectivity index is 1.95. The highest BCUT2D eigenvalue weighted by Crippen LogP contribution is 2.31. The maximum atomic E-state index is 5.73. The molecule has 2 fully saturated rings. The van der Waals surface area contributed by atoms with Crippen molar-refractivity contribution in [3.63, 3.8) is 0 Å². The second kappa shape index (κ2) is 6.33. The number of nitrogens with one attached hydrogen (secondary N) is 1. The van der Waals surface area contributed by atoms with Crippen LogP contribution in [0.5, 0.6) is 0 Å². The minimum atomic E-state index is 0.282. The predicted octanol–water partition coefficient (Wildman–Crippen LogP) is 1.11. The van der Waals surface area contributed by atoms with Crippen LogP contribution in [0.2, 0.25) is 0 Å². The maximum Gasteiger partial charge on any atom is 0.0702 e. The summed E-state index contributed by atoms with van der Waals surface area (Å²) in [5.74, 6) is 0. The molecule has 3 atom stereocenters. The molecule has 0 aromatic carbocycles. The van der Waals surface area contributed by atoms with Gasteiger partial charge in [-0.15, -0.1) is 0 Å². The summed E-state index contributed by atoms with van der Waals surface area (Å²) >= 11 is 0. The molecule has 0 bridgehead atoms. The zero-order valence-electron chi connectivity index (χ0n) is 12.1. The standard InChI is InChI=1S/C14H28N2O2/c1-12-13(5-8-18-12)16(3)10-14(9-15-2)6-4-7-17-11-14/h12-13,15H,4-11H2,1-3H3. The predicted molar refractivity (Wildman–Crippen MR) is 72.9 cm³/mol. The molecule has 2 saturated heterocycles. The fourth-order valence-electron chi connectivity index (χ4n) is 3.55. The molecule has 2 aliphatic heterocycles. The van der Waals surface area contributed by atoms with Crippen LogP contribution in [0.25, 0.3) is 0 Å². The summed E-state index contributed by atoms with van der Waals surface area (Å²) in [5.41, 5.74) is 0.282. The molecule has 106 valence electrons. The molecule has 2 aliphatic rings. The molecule has 0 radical (unpaired) electrons. The lowest BCUT2D eigenvalue weighted by Gasteiger charge is -2.41. The van der Waals surface area contributed by atoms with E-state index < -0.39 is 0 Å². The van der Waals surface area contributed by atoms with Gasteiger partial charge in [0.25, 0.3) is 0 Å². The molecule has 1 N–H and O–H groups in total. The first-order chi connectivity index (χ1) is 8.67. The molecule has 0 saturated carbocycles. The van der Waals surface area contributed by atoms with Crippen LogP contribution in [-0.2, 0) is 9.47 Å². The lowest BCUT2D eigenvalue weighted by molar-refractivity contribution is -0.0320. The third kappa shape index (κ3) is 3.23. The van der Waals surface area contributed by atoms with Gasteiger partial charge in [0.1, 0.15) is 0 Å². The smallest absolute Gasteiger partial charge is 0.0702 e. The summed E-state index contributed by atoms with van der Waals surface area (Å²) in [6, 6.07) is 0.570. The fourth-order valence-corrected chi connectivity index (χ4v) is 3.55. The van der Waals surface area contributed by atoms with E-state index in [9.17, 15) is 0 Å². The number of hydrogen-bond donors (Lipinski definition) is 1. The van der Waals surface area contributed by atoms with E-state index in [0.29, 0.717) is 12.1 Å². The molecule has 0 spiro atoms. The summed E-state index contributed by atoms with van der Waals surface area (Å²) in [6.07, 6.45) is 3.98. The second-order valence-corrected chi connectivity index (χ2v) is 6.03. The van der Waals surface area contributed by atoms with Crippen molar-refractivity contribution in [3.8, 4) is 0 Å². The van der Waals surface area contributed by atoms with Crippen LogP contribution in [0.4, 0.5) is 0 Å². The monoisotopic (exact) mass is 256 g/mol. The Labute approximate surface area is 111 Å². The topological polar surface area (TPSA) is 33.7 Å². The van der Waals surface area contributed by atoms with Crippen LogP contribution >= 0.6 is 0 Å². The van der Waals surface area contributed by atoms with E-state index >= 15 is 0 Å². The third-order valence-corrected chi connectivity index (χ3v) is 4.44. The highest BCUT2D eigenvalue weighted by molar-refractivity contribution is 4.90. The highest BCUT2D eigenvalue weighted by Gasteiger charge is 2.37. The van der Waals surface area contributed by atoms with Crippen LogP contribution in [0.1, 0.15) is 26.2 Å². The highest BCUT2D eigenvalue weighted by atomic mass is 16.5. The number of nitrogens with zero attached hydrogens (tertiary/aromatic N) is 1. The zero-order valence-corrected chi connectivity index (χ0v) is 12.1. The molecular formula is C14H28N2O2. The average Bonchev–Trinajstić information content (AvgIpc) is 2.77. The normalized spacial score (nSPS) is 37.3. The molecule has 0 aliphatic carbocycles. The minimum Gasteiger partial charge on any atom is -0.381 e. The second-order valence-electron chi connectivity index (χ2n) is 6.03. The van der Waals surface area contributed by atoms with Crippen LogP contribution in [0.3, 0.4) is 0 Å². The molecule has 2 heterocycles. The van der Waals surface area contributed by atoms with Gasteiger partial charge in [0, 0.05) is 37.8 Å². The lowest BCUT2D eigenvalue weighted by atomic mass is 9.81. The molecule has 0 amide bonds. The van der Waals surface area contributed by atoms with Crippen LogP contribution in [-0.4, -0.2) is 64.1 Å². The molecule has 4 heteroatoms. The number of hydrogen-bond acceptors (Lipinski definition) is 4. The van der Waals surface area contributed by atoms with E-state index in [0.717, 1.165) is 39.3 Å². The Kier molecular flexibility index (Phi) is 5.01. The average molecular weight is 256 g/mol. The minimum absolute atomic E-state index is 0.282. The first kappa shape index (κ1) is 14.3. The van der Waals surface area contributed by atoms with Crippen LogP contribution < -0.4 is 5.32 Å². The Hall–Kier alpha value is -0.160. The van der Waals surface area contributed by atoms with Gasteiger partial charge in [-0.25, -0.2) is 0 Å². The van der Waals surface area contributed by atoms with Crippen LogP contribution in [0.15, 0.2) is 0 Å². The fraction of sp³-hybridized carbons (Fsp3) is 1.00. The zero-order chi connectivity index (χ0) is 13.0. The van der Waals surface area contributed by atoms with Crippen molar-refractivity contribution in [1.29, 1.82) is 0 Å². The molecular weight excluding hydrogens is 228 g/mol. The molecule has 0 aromatic rings. The van der Waals surface area contributed by atoms with Crippen molar-refractivity contribution in [2.24, 2.45) is 5.41 Å². The summed E-state index contributed by atoms with van der Waals surface area (Å²) in [5, 5.41) is 3.35. The van der Waals surface area contributed by atoms with Gasteiger partial charge >= 0.3 is 0 Å². The van der Waals surface area contributed by atoms with E-state index in [1.807, 2.05) is 7.05 Å². The number of ether oxygens (including phenoxy) is 2. The quantitative estimate of drug-likeness (QED) is 0.799. The van der Waals surface area contributed by atoms with Gasteiger partial charge in [-0.05, 0) is 40.3 Å². The summed E-state index contributed by atoms with van der Waals surface area (Å²) < 4.78 is 11.4. The van der Waals surface area contributed by atoms with E-state index in [4.69, 9.17) is 9.47 Å². The summed E-state index contributed by atoms with van der Waals surface area (Å²) in [7, 11) is 4.28. The molecule has 2 rings (SSSR count). The van der Waals surface area contributed by atoms with Gasteiger partial charge in [0.2, 0.25) is 0 Å². The van der Waals surface area contributed by atoms with E-state index in [2.05, 4.69) is 24.2 Å². The van der Waals surface area contributed by atoms with Gasteiger partial charge < -0.3 is 19.7 Å². The van der Waals surface area contributed by atoms with Crippen LogP contribution in [0, 0.1) is 5.41 Å². The van der Waals surface area contributed by atoms with Gasteiger partial charge in [0.05, 0.1) is 12.7 Å². The van der Waals surface area contributed by atoms with Gasteiger partial charge in [-0.1, -0.05) is 0 Å². The Bertz CT molecular complexity index is 249. The molecule has 0 aromatic heterocycles. The van der Waals surface area contributed by atoms with E-state index in [-0.39, 0.29) is 5.41 Å². The number of likely N-dealkylation sites (N-methyl/N-ethyl adjacent to an activating group) is 1. The maximum absolute atomic E-state index is 5.73. The third-order valence-electron chi connectivity index (χ3n) is 4.44. The van der Waals surface area contributed by atoms with E-state index in [1.54, 1.807) is 0 Å². The van der Waals surface area contributed by atoms with Crippen molar-refractivity contribution in [2.75, 3.05) is 47.0 Å². The summed E-state index contributed by atoms with van der Waals surface area (Å²) in [6.45, 7) is 7.06. The van der Waals surface area contributed by atoms with Crippen molar-refractivity contribution >= 4 is 0 Å². The van der Waals surface area contributed by atoms with Gasteiger partial charge in [0.15, 0.2) is 0 Å². The molecule has 18 heavy (non-hydrogen) atoms. The van der Waals surface area contributed by atoms with Gasteiger partial charge in [-0.2, -0.15) is 0 Å². The summed E-state index contributed by atoms with van der Waals surface area (Å²) in [4.78, 5) is 2.49. The Morgan fingerprint density at radius 1 is 1.39 bits per heavy atom. The molecule has 4 nitrogen and oxygen atoms in total. The molecule has 3 unspecified atom stereocenters. The van der Waals surface area contributed by atoms with Gasteiger partial charge in [-0.3, -0.25) is 0 Å².